The maximum Gasteiger partial charge on any atom is 0.411 e. The van der Waals surface area contributed by atoms with Crippen LogP contribution < -0.4 is 0 Å². The Balaban J connectivity index is 1.81. The molecule has 3 rings (SSSR count). The number of benzene rings is 1. The second-order valence-corrected chi connectivity index (χ2v) is 7.12. The van der Waals surface area contributed by atoms with Crippen LogP contribution in [0.4, 0.5) is 4.79 Å². The molecule has 1 amide bonds. The van der Waals surface area contributed by atoms with Gasteiger partial charge in [-0.3, -0.25) is 4.90 Å². The van der Waals surface area contributed by atoms with Gasteiger partial charge in [0.1, 0.15) is 12.6 Å². The lowest BCUT2D eigenvalue weighted by molar-refractivity contribution is -0.149. The summed E-state index contributed by atoms with van der Waals surface area (Å²) in [5.41, 5.74) is 0.562. The zero-order chi connectivity index (χ0) is 18.0. The lowest BCUT2D eigenvalue weighted by Crippen LogP contribution is -2.49. The number of carbonyl (C=O) groups is 2. The van der Waals surface area contributed by atoms with Gasteiger partial charge in [0, 0.05) is 11.5 Å². The summed E-state index contributed by atoms with van der Waals surface area (Å²) in [6, 6.07) is 8.94. The molecule has 0 unspecified atom stereocenters. The fraction of sp³-hybridized carbons (Fsp3) is 0.500. The lowest BCUT2D eigenvalue weighted by Gasteiger charge is -2.40. The summed E-state index contributed by atoms with van der Waals surface area (Å²) < 4.78 is 10.5. The highest BCUT2D eigenvalue weighted by Crippen LogP contribution is 2.57. The Labute approximate surface area is 148 Å². The van der Waals surface area contributed by atoms with E-state index < -0.39 is 12.1 Å². The Hall–Kier alpha value is -2.30. The molecule has 1 aromatic carbocycles. The minimum Gasteiger partial charge on any atom is -0.467 e. The van der Waals surface area contributed by atoms with E-state index in [9.17, 15) is 9.59 Å². The molecular formula is C20H25NO4. The number of rotatable bonds is 5. The van der Waals surface area contributed by atoms with Crippen LogP contribution in [0.15, 0.2) is 43.0 Å². The molecule has 1 aliphatic carbocycles. The lowest BCUT2D eigenvalue weighted by atomic mass is 9.63. The minimum absolute atomic E-state index is 0.0392. The zero-order valence-electron chi connectivity index (χ0n) is 14.8. The molecule has 25 heavy (non-hydrogen) atoms. The van der Waals surface area contributed by atoms with Gasteiger partial charge in [0.05, 0.1) is 7.11 Å². The van der Waals surface area contributed by atoms with Gasteiger partial charge >= 0.3 is 12.1 Å². The number of hydrogen-bond donors (Lipinski definition) is 0. The molecule has 0 aromatic heterocycles. The second-order valence-electron chi connectivity index (χ2n) is 7.12. The molecule has 5 heteroatoms. The Kier molecular flexibility index (Phi) is 4.84. The summed E-state index contributed by atoms with van der Waals surface area (Å²) >= 11 is 0. The van der Waals surface area contributed by atoms with Crippen molar-refractivity contribution in [3.05, 3.63) is 48.6 Å². The zero-order valence-corrected chi connectivity index (χ0v) is 14.8. The fourth-order valence-corrected chi connectivity index (χ4v) is 4.40. The number of nitrogens with zero attached hydrogens (tertiary/aromatic N) is 1. The third-order valence-electron chi connectivity index (χ3n) is 5.77. The molecule has 1 heterocycles. The predicted octanol–water partition coefficient (Wildman–Crippen LogP) is 3.54. The van der Waals surface area contributed by atoms with Crippen LogP contribution in [-0.4, -0.2) is 36.2 Å². The molecule has 0 radical (unpaired) electrons. The first kappa shape index (κ1) is 17.5. The van der Waals surface area contributed by atoms with Crippen molar-refractivity contribution in [1.29, 1.82) is 0 Å². The standard InChI is InChI=1S/C20H25NO4/c1-4-12-20(2)15-10-11-16(15)21(17(20)18(22)24-3)19(23)25-13-14-8-6-5-7-9-14/h4-9,15-17H,1,10-13H2,2-3H3/t15-,16+,17+,20+/m0/s1. The third-order valence-corrected chi connectivity index (χ3v) is 5.77. The van der Waals surface area contributed by atoms with Gasteiger partial charge in [0.2, 0.25) is 0 Å². The Morgan fingerprint density at radius 1 is 1.32 bits per heavy atom. The van der Waals surface area contributed by atoms with Crippen molar-refractivity contribution in [1.82, 2.24) is 4.90 Å². The molecule has 0 bridgehead atoms. The maximum atomic E-state index is 12.8. The summed E-state index contributed by atoms with van der Waals surface area (Å²) in [4.78, 5) is 26.9. The number of amides is 1. The van der Waals surface area contributed by atoms with Gasteiger partial charge in [-0.1, -0.05) is 43.3 Å². The van der Waals surface area contributed by atoms with Crippen LogP contribution in [0.3, 0.4) is 0 Å². The number of esters is 1. The van der Waals surface area contributed by atoms with Crippen molar-refractivity contribution < 1.29 is 19.1 Å². The SMILES string of the molecule is C=CC[C@]1(C)[C@H]2CC[C@H]2N(C(=O)OCc2ccccc2)[C@@H]1C(=O)OC. The van der Waals surface area contributed by atoms with E-state index in [0.717, 1.165) is 18.4 Å². The molecule has 1 aromatic rings. The molecule has 0 N–H and O–H groups in total. The van der Waals surface area contributed by atoms with Crippen LogP contribution >= 0.6 is 0 Å². The first-order valence-electron chi connectivity index (χ1n) is 8.70. The molecule has 2 fully saturated rings. The van der Waals surface area contributed by atoms with Crippen molar-refractivity contribution in [2.24, 2.45) is 11.3 Å². The molecule has 1 saturated heterocycles. The first-order valence-corrected chi connectivity index (χ1v) is 8.70. The number of ether oxygens (including phenoxy) is 2. The topological polar surface area (TPSA) is 55.8 Å². The van der Waals surface area contributed by atoms with E-state index >= 15 is 0 Å². The number of hydrogen-bond acceptors (Lipinski definition) is 4. The number of methoxy groups -OCH3 is 1. The van der Waals surface area contributed by atoms with Gasteiger partial charge in [-0.15, -0.1) is 6.58 Å². The Morgan fingerprint density at radius 3 is 2.60 bits per heavy atom. The molecular weight excluding hydrogens is 318 g/mol. The van der Waals surface area contributed by atoms with E-state index in [2.05, 4.69) is 13.5 Å². The number of likely N-dealkylation sites (tertiary alicyclic amines) is 1. The van der Waals surface area contributed by atoms with Gasteiger partial charge in [0.15, 0.2) is 0 Å². The molecule has 5 nitrogen and oxygen atoms in total. The Bertz CT molecular complexity index is 659. The van der Waals surface area contributed by atoms with Crippen molar-refractivity contribution in [2.75, 3.05) is 7.11 Å². The normalized spacial score (nSPS) is 30.2. The van der Waals surface area contributed by atoms with Crippen LogP contribution in [0.2, 0.25) is 0 Å². The van der Waals surface area contributed by atoms with E-state index in [-0.39, 0.29) is 30.0 Å². The van der Waals surface area contributed by atoms with Gasteiger partial charge in [-0.05, 0) is 30.7 Å². The van der Waals surface area contributed by atoms with Crippen LogP contribution in [0.5, 0.6) is 0 Å². The van der Waals surface area contributed by atoms with E-state index in [1.807, 2.05) is 36.4 Å². The largest absolute Gasteiger partial charge is 0.467 e. The van der Waals surface area contributed by atoms with E-state index in [0.29, 0.717) is 6.42 Å². The summed E-state index contributed by atoms with van der Waals surface area (Å²) in [6.45, 7) is 6.08. The predicted molar refractivity (Wildman–Crippen MR) is 93.7 cm³/mol. The monoisotopic (exact) mass is 343 g/mol. The number of fused-ring (bicyclic) bond motifs is 1. The first-order chi connectivity index (χ1) is 12.0. The van der Waals surface area contributed by atoms with Crippen molar-refractivity contribution in [3.8, 4) is 0 Å². The van der Waals surface area contributed by atoms with Crippen molar-refractivity contribution in [2.45, 2.75) is 44.9 Å². The smallest absolute Gasteiger partial charge is 0.411 e. The molecule has 0 spiro atoms. The summed E-state index contributed by atoms with van der Waals surface area (Å²) in [5, 5.41) is 0. The Morgan fingerprint density at radius 2 is 2.04 bits per heavy atom. The molecule has 1 aliphatic heterocycles. The van der Waals surface area contributed by atoms with Crippen molar-refractivity contribution in [3.63, 3.8) is 0 Å². The molecule has 134 valence electrons. The maximum absolute atomic E-state index is 12.8. The average Bonchev–Trinajstić information content (AvgIpc) is 2.75. The van der Waals surface area contributed by atoms with E-state index in [1.54, 1.807) is 4.90 Å². The minimum atomic E-state index is -0.628. The van der Waals surface area contributed by atoms with Gasteiger partial charge < -0.3 is 9.47 Å². The average molecular weight is 343 g/mol. The molecule has 4 atom stereocenters. The third kappa shape index (κ3) is 2.92. The van der Waals surface area contributed by atoms with E-state index in [1.165, 1.54) is 7.11 Å². The van der Waals surface area contributed by atoms with E-state index in [4.69, 9.17) is 9.47 Å². The summed E-state index contributed by atoms with van der Waals surface area (Å²) in [5.74, 6) is -0.103. The van der Waals surface area contributed by atoms with Crippen molar-refractivity contribution >= 4 is 12.1 Å². The quantitative estimate of drug-likeness (QED) is 0.606. The molecule has 1 saturated carbocycles. The van der Waals surface area contributed by atoms with Crippen LogP contribution in [0, 0.1) is 11.3 Å². The van der Waals surface area contributed by atoms with Crippen LogP contribution in [0.25, 0.3) is 0 Å². The van der Waals surface area contributed by atoms with Gasteiger partial charge in [-0.25, -0.2) is 9.59 Å². The highest BCUT2D eigenvalue weighted by Gasteiger charge is 2.64. The second kappa shape index (κ2) is 6.90. The fourth-order valence-electron chi connectivity index (χ4n) is 4.40. The summed E-state index contributed by atoms with van der Waals surface area (Å²) in [6.07, 6.45) is 3.94. The number of allylic oxidation sites excluding steroid dienone is 1. The summed E-state index contributed by atoms with van der Waals surface area (Å²) in [7, 11) is 1.37. The van der Waals surface area contributed by atoms with Crippen LogP contribution in [-0.2, 0) is 20.9 Å². The van der Waals surface area contributed by atoms with Gasteiger partial charge in [-0.2, -0.15) is 0 Å². The van der Waals surface area contributed by atoms with Crippen LogP contribution in [0.1, 0.15) is 31.7 Å². The highest BCUT2D eigenvalue weighted by molar-refractivity contribution is 5.84. The highest BCUT2D eigenvalue weighted by atomic mass is 16.6. The number of carbonyl (C=O) groups excluding carboxylic acids is 2. The molecule has 2 aliphatic rings. The van der Waals surface area contributed by atoms with Gasteiger partial charge in [0.25, 0.3) is 0 Å².